The molecular formula is C16H18FN. The number of nitrogens with two attached hydrogens (primary N) is 1. The highest BCUT2D eigenvalue weighted by molar-refractivity contribution is 5.71. The van der Waals surface area contributed by atoms with Crippen molar-refractivity contribution in [3.63, 3.8) is 0 Å². The molecule has 1 nitrogen and oxygen atoms in total. The van der Waals surface area contributed by atoms with Crippen LogP contribution in [0.1, 0.15) is 23.6 Å². The van der Waals surface area contributed by atoms with Crippen LogP contribution in [-0.2, 0) is 6.42 Å². The molecule has 0 aromatic heterocycles. The predicted molar refractivity (Wildman–Crippen MR) is 75.1 cm³/mol. The molecule has 0 aliphatic rings. The van der Waals surface area contributed by atoms with E-state index in [1.165, 1.54) is 0 Å². The Morgan fingerprint density at radius 3 is 2.44 bits per heavy atom. The summed E-state index contributed by atoms with van der Waals surface area (Å²) >= 11 is 0. The van der Waals surface area contributed by atoms with Crippen LogP contribution in [-0.4, -0.2) is 0 Å². The molecule has 2 heteroatoms. The third-order valence-corrected chi connectivity index (χ3v) is 3.24. The molecule has 0 radical (unpaired) electrons. The number of hydrogen-bond donors (Lipinski definition) is 1. The number of halogens is 1. The summed E-state index contributed by atoms with van der Waals surface area (Å²) in [5.74, 6) is -0.167. The Morgan fingerprint density at radius 2 is 1.83 bits per heavy atom. The van der Waals surface area contributed by atoms with Crippen molar-refractivity contribution in [3.8, 4) is 11.1 Å². The first-order valence-corrected chi connectivity index (χ1v) is 6.18. The van der Waals surface area contributed by atoms with E-state index in [1.54, 1.807) is 6.07 Å². The largest absolute Gasteiger partial charge is 0.399 e. The first-order valence-electron chi connectivity index (χ1n) is 6.18. The molecule has 0 spiro atoms. The normalized spacial score (nSPS) is 10.7. The fourth-order valence-electron chi connectivity index (χ4n) is 2.35. The number of nitrogen functional groups attached to an aromatic ring is 1. The van der Waals surface area contributed by atoms with Gasteiger partial charge in [0.2, 0.25) is 0 Å². The molecule has 0 heterocycles. The number of hydrogen-bond acceptors (Lipinski definition) is 1. The summed E-state index contributed by atoms with van der Waals surface area (Å²) < 4.78 is 14.1. The minimum absolute atomic E-state index is 0.167. The molecule has 0 amide bonds. The Labute approximate surface area is 107 Å². The summed E-state index contributed by atoms with van der Waals surface area (Å²) in [6.07, 6.45) is 0.853. The summed E-state index contributed by atoms with van der Waals surface area (Å²) in [5.41, 5.74) is 11.2. The zero-order chi connectivity index (χ0) is 13.3. The van der Waals surface area contributed by atoms with Gasteiger partial charge in [-0.2, -0.15) is 0 Å². The zero-order valence-electron chi connectivity index (χ0n) is 11.0. The maximum absolute atomic E-state index is 14.1. The van der Waals surface area contributed by atoms with Crippen molar-refractivity contribution >= 4 is 5.69 Å². The first kappa shape index (κ1) is 12.6. The summed E-state index contributed by atoms with van der Waals surface area (Å²) in [4.78, 5) is 0. The van der Waals surface area contributed by atoms with E-state index in [9.17, 15) is 4.39 Å². The highest BCUT2D eigenvalue weighted by atomic mass is 19.1. The van der Waals surface area contributed by atoms with Crippen LogP contribution < -0.4 is 5.73 Å². The van der Waals surface area contributed by atoms with E-state index in [2.05, 4.69) is 0 Å². The highest BCUT2D eigenvalue weighted by Crippen LogP contribution is 2.30. The average Bonchev–Trinajstić information content (AvgIpc) is 2.30. The van der Waals surface area contributed by atoms with Crippen LogP contribution in [0.3, 0.4) is 0 Å². The molecular weight excluding hydrogens is 225 g/mol. The Bertz CT molecular complexity index is 565. The summed E-state index contributed by atoms with van der Waals surface area (Å²) in [5, 5.41) is 0. The Kier molecular flexibility index (Phi) is 3.37. The second-order valence-corrected chi connectivity index (χ2v) is 4.71. The van der Waals surface area contributed by atoms with Gasteiger partial charge in [-0.1, -0.05) is 19.1 Å². The zero-order valence-corrected chi connectivity index (χ0v) is 11.0. The lowest BCUT2D eigenvalue weighted by Crippen LogP contribution is -1.96. The Morgan fingerprint density at radius 1 is 1.11 bits per heavy atom. The molecule has 0 unspecified atom stereocenters. The van der Waals surface area contributed by atoms with Gasteiger partial charge in [0.15, 0.2) is 0 Å². The molecule has 2 aromatic carbocycles. The van der Waals surface area contributed by atoms with Crippen LogP contribution in [0.15, 0.2) is 30.3 Å². The highest BCUT2D eigenvalue weighted by Gasteiger charge is 2.10. The third kappa shape index (κ3) is 2.23. The van der Waals surface area contributed by atoms with Gasteiger partial charge in [0.05, 0.1) is 0 Å². The summed E-state index contributed by atoms with van der Waals surface area (Å²) in [7, 11) is 0. The molecule has 2 rings (SSSR count). The van der Waals surface area contributed by atoms with Gasteiger partial charge in [0.1, 0.15) is 5.82 Å². The van der Waals surface area contributed by atoms with Gasteiger partial charge in [0, 0.05) is 11.3 Å². The lowest BCUT2D eigenvalue weighted by Gasteiger charge is -2.11. The molecule has 2 N–H and O–H groups in total. The Hall–Kier alpha value is -1.83. The van der Waals surface area contributed by atoms with Crippen molar-refractivity contribution in [2.24, 2.45) is 0 Å². The Balaban J connectivity index is 2.62. The average molecular weight is 243 g/mol. The van der Waals surface area contributed by atoms with Crippen LogP contribution >= 0.6 is 0 Å². The first-order chi connectivity index (χ1) is 8.52. The quantitative estimate of drug-likeness (QED) is 0.784. The monoisotopic (exact) mass is 243 g/mol. The minimum Gasteiger partial charge on any atom is -0.399 e. The van der Waals surface area contributed by atoms with Crippen LogP contribution in [0.25, 0.3) is 11.1 Å². The van der Waals surface area contributed by atoms with Crippen LogP contribution in [0.2, 0.25) is 0 Å². The molecule has 0 saturated carbocycles. The van der Waals surface area contributed by atoms with Gasteiger partial charge >= 0.3 is 0 Å². The van der Waals surface area contributed by atoms with E-state index < -0.39 is 0 Å². The molecule has 0 fully saturated rings. The third-order valence-electron chi connectivity index (χ3n) is 3.24. The van der Waals surface area contributed by atoms with Gasteiger partial charge in [0.25, 0.3) is 0 Å². The molecule has 0 aliphatic heterocycles. The molecule has 0 aliphatic carbocycles. The fraction of sp³-hybridized carbons (Fsp3) is 0.250. The number of rotatable bonds is 2. The van der Waals surface area contributed by atoms with E-state index in [4.69, 9.17) is 5.73 Å². The number of anilines is 1. The van der Waals surface area contributed by atoms with E-state index in [0.29, 0.717) is 5.56 Å². The van der Waals surface area contributed by atoms with E-state index in [0.717, 1.165) is 34.4 Å². The molecule has 2 aromatic rings. The summed E-state index contributed by atoms with van der Waals surface area (Å²) in [6, 6.07) is 9.29. The van der Waals surface area contributed by atoms with Gasteiger partial charge in [-0.3, -0.25) is 0 Å². The molecule has 94 valence electrons. The summed E-state index contributed by atoms with van der Waals surface area (Å²) in [6.45, 7) is 5.89. The molecule has 0 bridgehead atoms. The topological polar surface area (TPSA) is 26.0 Å². The fourth-order valence-corrected chi connectivity index (χ4v) is 2.35. The van der Waals surface area contributed by atoms with Crippen molar-refractivity contribution in [1.29, 1.82) is 0 Å². The van der Waals surface area contributed by atoms with Crippen molar-refractivity contribution in [2.75, 3.05) is 5.73 Å². The van der Waals surface area contributed by atoms with Gasteiger partial charge < -0.3 is 5.73 Å². The van der Waals surface area contributed by atoms with Gasteiger partial charge in [-0.05, 0) is 60.7 Å². The lowest BCUT2D eigenvalue weighted by atomic mass is 9.95. The van der Waals surface area contributed by atoms with Crippen LogP contribution in [0, 0.1) is 19.7 Å². The predicted octanol–water partition coefficient (Wildman–Crippen LogP) is 4.25. The maximum Gasteiger partial charge on any atom is 0.131 e. The van der Waals surface area contributed by atoms with E-state index in [1.807, 2.05) is 45.0 Å². The van der Waals surface area contributed by atoms with E-state index >= 15 is 0 Å². The van der Waals surface area contributed by atoms with Crippen molar-refractivity contribution in [2.45, 2.75) is 27.2 Å². The van der Waals surface area contributed by atoms with Crippen LogP contribution in [0.4, 0.5) is 10.1 Å². The minimum atomic E-state index is -0.167. The standard InChI is InChI=1S/C16H18FN/c1-4-12-9-13(5-6-15(12)18)16-11(3)7-10(2)8-14(16)17/h5-9H,4,18H2,1-3H3. The maximum atomic E-state index is 14.1. The van der Waals surface area contributed by atoms with Crippen molar-refractivity contribution < 1.29 is 4.39 Å². The lowest BCUT2D eigenvalue weighted by molar-refractivity contribution is 0.629. The van der Waals surface area contributed by atoms with Crippen molar-refractivity contribution in [1.82, 2.24) is 0 Å². The second-order valence-electron chi connectivity index (χ2n) is 4.71. The SMILES string of the molecule is CCc1cc(-c2c(C)cc(C)cc2F)ccc1N. The molecule has 0 saturated heterocycles. The van der Waals surface area contributed by atoms with Crippen molar-refractivity contribution in [3.05, 3.63) is 52.8 Å². The number of aryl methyl sites for hydroxylation is 3. The second kappa shape index (κ2) is 4.81. The van der Waals surface area contributed by atoms with Crippen LogP contribution in [0.5, 0.6) is 0 Å². The number of benzene rings is 2. The van der Waals surface area contributed by atoms with Gasteiger partial charge in [-0.25, -0.2) is 4.39 Å². The van der Waals surface area contributed by atoms with E-state index in [-0.39, 0.29) is 5.82 Å². The molecule has 18 heavy (non-hydrogen) atoms. The smallest absolute Gasteiger partial charge is 0.131 e. The molecule has 0 atom stereocenters. The van der Waals surface area contributed by atoms with Gasteiger partial charge in [-0.15, -0.1) is 0 Å².